The average Bonchev–Trinajstić information content (AvgIpc) is 3.15. The maximum absolute atomic E-state index is 13.1. The molecule has 2 unspecified atom stereocenters. The minimum absolute atomic E-state index is 0.0173. The van der Waals surface area contributed by atoms with Crippen LogP contribution in [-0.4, -0.2) is 53.7 Å². The van der Waals surface area contributed by atoms with Gasteiger partial charge in [-0.3, -0.25) is 9.59 Å². The molecule has 1 saturated heterocycles. The normalized spacial score (nSPS) is 17.7. The van der Waals surface area contributed by atoms with E-state index in [-0.39, 0.29) is 37.2 Å². The molecule has 0 bridgehead atoms. The summed E-state index contributed by atoms with van der Waals surface area (Å²) in [5.74, 6) is 1.08. The van der Waals surface area contributed by atoms with Crippen LogP contribution in [0.2, 0.25) is 0 Å². The summed E-state index contributed by atoms with van der Waals surface area (Å²) in [4.78, 5) is 38.4. The van der Waals surface area contributed by atoms with Gasteiger partial charge < -0.3 is 20.1 Å². The number of rotatable bonds is 7. The van der Waals surface area contributed by atoms with Gasteiger partial charge in [0.2, 0.25) is 5.91 Å². The van der Waals surface area contributed by atoms with Crippen molar-refractivity contribution in [2.75, 3.05) is 19.7 Å². The van der Waals surface area contributed by atoms with Gasteiger partial charge in [0.15, 0.2) is 0 Å². The third kappa shape index (κ3) is 5.07. The number of alkyl carbamates (subject to hydrolysis) is 1. The first-order valence-corrected chi connectivity index (χ1v) is 11.5. The summed E-state index contributed by atoms with van der Waals surface area (Å²) in [5, 5.41) is 11.7. The highest BCUT2D eigenvalue weighted by Gasteiger charge is 2.32. The van der Waals surface area contributed by atoms with E-state index in [9.17, 15) is 14.4 Å². The number of fused-ring (bicyclic) bond motifs is 3. The Morgan fingerprint density at radius 3 is 2.38 bits per heavy atom. The van der Waals surface area contributed by atoms with Crippen molar-refractivity contribution in [3.05, 3.63) is 59.7 Å². The van der Waals surface area contributed by atoms with Gasteiger partial charge in [0.25, 0.3) is 0 Å². The number of terminal acetylenes is 1. The lowest BCUT2D eigenvalue weighted by atomic mass is 9.94. The number of carboxylic acid groups (broad SMARTS) is 1. The molecule has 1 aliphatic heterocycles. The molecule has 1 aliphatic carbocycles. The minimum Gasteiger partial charge on any atom is -0.481 e. The van der Waals surface area contributed by atoms with Crippen molar-refractivity contribution in [2.24, 2.45) is 5.92 Å². The Bertz CT molecular complexity index is 1080. The maximum Gasteiger partial charge on any atom is 0.407 e. The molecule has 176 valence electrons. The fraction of sp³-hybridized carbons (Fsp3) is 0.370. The number of nitrogens with one attached hydrogen (secondary N) is 1. The first-order chi connectivity index (χ1) is 16.5. The average molecular weight is 461 g/mol. The summed E-state index contributed by atoms with van der Waals surface area (Å²) in [6, 6.07) is 15.2. The number of carbonyl (C=O) groups is 3. The van der Waals surface area contributed by atoms with E-state index in [0.717, 1.165) is 35.1 Å². The van der Waals surface area contributed by atoms with Crippen LogP contribution in [0.1, 0.15) is 42.7 Å². The molecule has 0 aromatic heterocycles. The first kappa shape index (κ1) is 23.4. The standard InChI is InChI=1S/C27H28N2O5/c1-2-8-24(26(32)29-14-7-9-18(16-29)15-25(30)31)28-27(33)34-17-23-21-12-5-3-10-19(21)20-11-4-6-13-22(20)23/h1,3-6,10-13,18,23-24H,7-9,14-17H2,(H,28,33)(H,30,31). The van der Waals surface area contributed by atoms with Crippen molar-refractivity contribution >= 4 is 18.0 Å². The van der Waals surface area contributed by atoms with E-state index < -0.39 is 18.1 Å². The van der Waals surface area contributed by atoms with Gasteiger partial charge >= 0.3 is 12.1 Å². The lowest BCUT2D eigenvalue weighted by Crippen LogP contribution is -2.51. The third-order valence-corrected chi connectivity index (χ3v) is 6.55. The number of aliphatic carboxylic acids is 1. The molecule has 2 atom stereocenters. The molecule has 0 spiro atoms. The number of likely N-dealkylation sites (tertiary alicyclic amines) is 1. The Labute approximate surface area is 199 Å². The molecular formula is C27H28N2O5. The van der Waals surface area contributed by atoms with Crippen molar-refractivity contribution in [3.63, 3.8) is 0 Å². The Balaban J connectivity index is 1.39. The predicted molar refractivity (Wildman–Crippen MR) is 127 cm³/mol. The fourth-order valence-electron chi connectivity index (χ4n) is 5.00. The van der Waals surface area contributed by atoms with Crippen LogP contribution >= 0.6 is 0 Å². The number of carbonyl (C=O) groups excluding carboxylic acids is 2. The number of benzene rings is 2. The molecule has 2 aromatic carbocycles. The Kier molecular flexibility index (Phi) is 7.17. The topological polar surface area (TPSA) is 95.9 Å². The molecule has 7 nitrogen and oxygen atoms in total. The van der Waals surface area contributed by atoms with Crippen LogP contribution in [-0.2, 0) is 14.3 Å². The summed E-state index contributed by atoms with van der Waals surface area (Å²) in [6.07, 6.45) is 6.28. The second-order valence-corrected chi connectivity index (χ2v) is 8.82. The Morgan fingerprint density at radius 1 is 1.12 bits per heavy atom. The van der Waals surface area contributed by atoms with E-state index in [1.807, 2.05) is 36.4 Å². The summed E-state index contributed by atoms with van der Waals surface area (Å²) >= 11 is 0. The third-order valence-electron chi connectivity index (χ3n) is 6.55. The second kappa shape index (κ2) is 10.4. The minimum atomic E-state index is -0.913. The molecule has 2 amide bonds. The van der Waals surface area contributed by atoms with Crippen LogP contribution in [0.4, 0.5) is 4.79 Å². The van der Waals surface area contributed by atoms with Gasteiger partial charge in [0.05, 0.1) is 0 Å². The Hall–Kier alpha value is -3.79. The van der Waals surface area contributed by atoms with Gasteiger partial charge in [-0.25, -0.2) is 4.79 Å². The monoisotopic (exact) mass is 460 g/mol. The van der Waals surface area contributed by atoms with Crippen LogP contribution < -0.4 is 5.32 Å². The zero-order valence-electron chi connectivity index (χ0n) is 18.9. The van der Waals surface area contributed by atoms with Gasteiger partial charge in [-0.2, -0.15) is 0 Å². The van der Waals surface area contributed by atoms with Gasteiger partial charge in [0, 0.05) is 31.8 Å². The highest BCUT2D eigenvalue weighted by molar-refractivity contribution is 5.86. The number of hydrogen-bond acceptors (Lipinski definition) is 4. The largest absolute Gasteiger partial charge is 0.481 e. The number of hydrogen-bond donors (Lipinski definition) is 2. The molecule has 1 heterocycles. The predicted octanol–water partition coefficient (Wildman–Crippen LogP) is 3.63. The fourth-order valence-corrected chi connectivity index (χ4v) is 5.00. The highest BCUT2D eigenvalue weighted by Crippen LogP contribution is 2.44. The van der Waals surface area contributed by atoms with Crippen LogP contribution in [0, 0.1) is 18.3 Å². The van der Waals surface area contributed by atoms with Crippen molar-refractivity contribution in [1.82, 2.24) is 10.2 Å². The number of ether oxygens (including phenoxy) is 1. The van der Waals surface area contributed by atoms with Crippen molar-refractivity contribution < 1.29 is 24.2 Å². The quantitative estimate of drug-likeness (QED) is 0.615. The molecule has 0 saturated carbocycles. The summed E-state index contributed by atoms with van der Waals surface area (Å²) in [7, 11) is 0. The Morgan fingerprint density at radius 2 is 1.76 bits per heavy atom. The smallest absolute Gasteiger partial charge is 0.407 e. The van der Waals surface area contributed by atoms with Crippen LogP contribution in [0.25, 0.3) is 11.1 Å². The number of amides is 2. The van der Waals surface area contributed by atoms with E-state index in [4.69, 9.17) is 16.3 Å². The van der Waals surface area contributed by atoms with Gasteiger partial charge in [-0.1, -0.05) is 48.5 Å². The number of nitrogens with zero attached hydrogens (tertiary/aromatic N) is 1. The van der Waals surface area contributed by atoms with Gasteiger partial charge in [0.1, 0.15) is 12.6 Å². The van der Waals surface area contributed by atoms with E-state index in [2.05, 4.69) is 23.4 Å². The van der Waals surface area contributed by atoms with Crippen molar-refractivity contribution in [2.45, 2.75) is 37.6 Å². The van der Waals surface area contributed by atoms with Crippen molar-refractivity contribution in [3.8, 4) is 23.5 Å². The molecule has 0 radical (unpaired) electrons. The van der Waals surface area contributed by atoms with Gasteiger partial charge in [-0.05, 0) is 41.0 Å². The van der Waals surface area contributed by atoms with Crippen LogP contribution in [0.15, 0.2) is 48.5 Å². The molecule has 1 fully saturated rings. The maximum atomic E-state index is 13.1. The lowest BCUT2D eigenvalue weighted by Gasteiger charge is -2.34. The number of piperidine rings is 1. The first-order valence-electron chi connectivity index (χ1n) is 11.5. The van der Waals surface area contributed by atoms with E-state index in [1.54, 1.807) is 4.90 Å². The molecule has 7 heteroatoms. The molecule has 2 aromatic rings. The molecule has 2 N–H and O–H groups in total. The number of carboxylic acids is 1. The van der Waals surface area contributed by atoms with E-state index in [0.29, 0.717) is 13.1 Å². The molecule has 4 rings (SSSR count). The zero-order chi connectivity index (χ0) is 24.1. The molecular weight excluding hydrogens is 432 g/mol. The molecule has 34 heavy (non-hydrogen) atoms. The van der Waals surface area contributed by atoms with Crippen molar-refractivity contribution in [1.29, 1.82) is 0 Å². The van der Waals surface area contributed by atoms with Gasteiger partial charge in [-0.15, -0.1) is 12.3 Å². The van der Waals surface area contributed by atoms with Crippen LogP contribution in [0.5, 0.6) is 0 Å². The summed E-state index contributed by atoms with van der Waals surface area (Å²) in [5.41, 5.74) is 4.47. The summed E-state index contributed by atoms with van der Waals surface area (Å²) < 4.78 is 5.56. The second-order valence-electron chi connectivity index (χ2n) is 8.82. The SMILES string of the molecule is C#CCC(NC(=O)OCC1c2ccccc2-c2ccccc21)C(=O)N1CCCC(CC(=O)O)C1. The summed E-state index contributed by atoms with van der Waals surface area (Å²) in [6.45, 7) is 1.00. The van der Waals surface area contributed by atoms with E-state index >= 15 is 0 Å². The highest BCUT2D eigenvalue weighted by atomic mass is 16.5. The van der Waals surface area contributed by atoms with Crippen LogP contribution in [0.3, 0.4) is 0 Å². The molecule has 2 aliphatic rings. The van der Waals surface area contributed by atoms with E-state index in [1.165, 1.54) is 0 Å². The lowest BCUT2D eigenvalue weighted by molar-refractivity contribution is -0.141. The zero-order valence-corrected chi connectivity index (χ0v) is 18.9.